The van der Waals surface area contributed by atoms with Gasteiger partial charge >= 0.3 is 0 Å². The molecule has 1 atom stereocenters. The molecule has 0 amide bonds. The number of ether oxygens (including phenoxy) is 1. The maximum Gasteiger partial charge on any atom is 0.103 e. The fourth-order valence-electron chi connectivity index (χ4n) is 1.54. The van der Waals surface area contributed by atoms with Crippen LogP contribution in [0.5, 0.6) is 0 Å². The van der Waals surface area contributed by atoms with E-state index in [1.807, 2.05) is 6.92 Å². The van der Waals surface area contributed by atoms with E-state index in [4.69, 9.17) is 4.74 Å². The van der Waals surface area contributed by atoms with Crippen molar-refractivity contribution in [2.45, 2.75) is 38.7 Å². The summed E-state index contributed by atoms with van der Waals surface area (Å²) in [5, 5.41) is 9.61. The quantitative estimate of drug-likeness (QED) is 0.576. The molecule has 0 aromatic carbocycles. The highest BCUT2D eigenvalue weighted by atomic mass is 19.1. The van der Waals surface area contributed by atoms with Crippen molar-refractivity contribution in [1.82, 2.24) is 0 Å². The van der Waals surface area contributed by atoms with Crippen LogP contribution in [0.15, 0.2) is 0 Å². The first-order chi connectivity index (χ1) is 8.16. The van der Waals surface area contributed by atoms with Gasteiger partial charge < -0.3 is 9.84 Å². The van der Waals surface area contributed by atoms with Crippen LogP contribution in [0.1, 0.15) is 32.6 Å². The van der Waals surface area contributed by atoms with E-state index in [0.717, 1.165) is 12.8 Å². The zero-order valence-corrected chi connectivity index (χ0v) is 10.4. The molecule has 0 aromatic rings. The molecule has 0 aromatic heterocycles. The number of rotatable bonds is 11. The summed E-state index contributed by atoms with van der Waals surface area (Å²) in [6.07, 6.45) is 1.24. The third-order valence-electron chi connectivity index (χ3n) is 2.98. The van der Waals surface area contributed by atoms with Gasteiger partial charge in [0.05, 0.1) is 11.5 Å². The van der Waals surface area contributed by atoms with Gasteiger partial charge in [-0.05, 0) is 19.8 Å². The molecule has 0 aliphatic rings. The van der Waals surface area contributed by atoms with Gasteiger partial charge in [-0.25, -0.2) is 0 Å². The van der Waals surface area contributed by atoms with E-state index in [2.05, 4.69) is 0 Å². The van der Waals surface area contributed by atoms with Gasteiger partial charge in [0.1, 0.15) is 20.0 Å². The molecule has 1 N–H and O–H groups in total. The monoisotopic (exact) mass is 256 g/mol. The molecule has 0 saturated carbocycles. The molecule has 0 aliphatic carbocycles. The largest absolute Gasteiger partial charge is 0.392 e. The molecule has 0 rings (SSSR count). The van der Waals surface area contributed by atoms with Crippen molar-refractivity contribution in [2.75, 3.05) is 33.2 Å². The SMILES string of the molecule is CCOCCCCCC(O)C(CF)(CF)CF. The number of aliphatic hydroxyl groups excluding tert-OH is 1. The van der Waals surface area contributed by atoms with E-state index in [-0.39, 0.29) is 6.42 Å². The summed E-state index contributed by atoms with van der Waals surface area (Å²) >= 11 is 0. The fraction of sp³-hybridized carbons (Fsp3) is 1.00. The van der Waals surface area contributed by atoms with Crippen LogP contribution in [-0.2, 0) is 4.74 Å². The molecule has 0 bridgehead atoms. The summed E-state index contributed by atoms with van der Waals surface area (Å²) in [4.78, 5) is 0. The van der Waals surface area contributed by atoms with Crippen LogP contribution in [0.2, 0.25) is 0 Å². The Morgan fingerprint density at radius 3 is 2.12 bits per heavy atom. The van der Waals surface area contributed by atoms with Crippen LogP contribution < -0.4 is 0 Å². The number of hydrogen-bond acceptors (Lipinski definition) is 2. The molecule has 5 heteroatoms. The average molecular weight is 256 g/mol. The minimum absolute atomic E-state index is 0.226. The van der Waals surface area contributed by atoms with Crippen LogP contribution in [-0.4, -0.2) is 44.4 Å². The van der Waals surface area contributed by atoms with Gasteiger partial charge in [-0.2, -0.15) is 0 Å². The van der Waals surface area contributed by atoms with E-state index in [1.54, 1.807) is 0 Å². The number of aliphatic hydroxyl groups is 1. The summed E-state index contributed by atoms with van der Waals surface area (Å²) in [5.74, 6) is 0. The minimum atomic E-state index is -1.85. The molecule has 0 radical (unpaired) electrons. The van der Waals surface area contributed by atoms with Crippen molar-refractivity contribution in [3.05, 3.63) is 0 Å². The van der Waals surface area contributed by atoms with E-state index < -0.39 is 31.5 Å². The average Bonchev–Trinajstić information content (AvgIpc) is 2.36. The first kappa shape index (κ1) is 16.7. The predicted octanol–water partition coefficient (Wildman–Crippen LogP) is 2.84. The number of hydrogen-bond donors (Lipinski definition) is 1. The highest BCUT2D eigenvalue weighted by molar-refractivity contribution is 4.85. The lowest BCUT2D eigenvalue weighted by atomic mass is 9.83. The zero-order chi connectivity index (χ0) is 13.1. The van der Waals surface area contributed by atoms with Crippen molar-refractivity contribution >= 4 is 0 Å². The van der Waals surface area contributed by atoms with Gasteiger partial charge in [-0.1, -0.05) is 12.8 Å². The Kier molecular flexibility index (Phi) is 9.55. The Morgan fingerprint density at radius 1 is 1.06 bits per heavy atom. The molecule has 1 unspecified atom stereocenters. The van der Waals surface area contributed by atoms with Crippen LogP contribution >= 0.6 is 0 Å². The second-order valence-corrected chi connectivity index (χ2v) is 4.33. The molecule has 0 spiro atoms. The molecule has 0 heterocycles. The van der Waals surface area contributed by atoms with E-state index >= 15 is 0 Å². The topological polar surface area (TPSA) is 29.5 Å². The number of halogens is 3. The van der Waals surface area contributed by atoms with E-state index in [9.17, 15) is 18.3 Å². The Balaban J connectivity index is 3.79. The first-order valence-corrected chi connectivity index (χ1v) is 6.10. The Morgan fingerprint density at radius 2 is 1.65 bits per heavy atom. The van der Waals surface area contributed by atoms with Gasteiger partial charge in [0, 0.05) is 13.2 Å². The fourth-order valence-corrected chi connectivity index (χ4v) is 1.54. The Hall–Kier alpha value is -0.290. The maximum atomic E-state index is 12.6. The van der Waals surface area contributed by atoms with Crippen LogP contribution in [0.4, 0.5) is 13.2 Å². The van der Waals surface area contributed by atoms with Gasteiger partial charge in [-0.15, -0.1) is 0 Å². The predicted molar refractivity (Wildman–Crippen MR) is 61.3 cm³/mol. The molecule has 104 valence electrons. The van der Waals surface area contributed by atoms with Crippen molar-refractivity contribution in [2.24, 2.45) is 5.41 Å². The zero-order valence-electron chi connectivity index (χ0n) is 10.4. The second-order valence-electron chi connectivity index (χ2n) is 4.33. The Bertz CT molecular complexity index is 167. The smallest absolute Gasteiger partial charge is 0.103 e. The van der Waals surface area contributed by atoms with Gasteiger partial charge in [0.2, 0.25) is 0 Å². The molecule has 0 aliphatic heterocycles. The molecule has 2 nitrogen and oxygen atoms in total. The van der Waals surface area contributed by atoms with Crippen LogP contribution in [0.3, 0.4) is 0 Å². The van der Waals surface area contributed by atoms with Crippen LogP contribution in [0.25, 0.3) is 0 Å². The summed E-state index contributed by atoms with van der Waals surface area (Å²) in [6, 6.07) is 0. The van der Waals surface area contributed by atoms with Crippen molar-refractivity contribution in [1.29, 1.82) is 0 Å². The Labute approximate surface area is 101 Å². The highest BCUT2D eigenvalue weighted by Gasteiger charge is 2.38. The standard InChI is InChI=1S/C12H23F3O2/c1-2-17-7-5-3-4-6-11(16)12(8-13,9-14)10-15/h11,16H,2-10H2,1H3. The third-order valence-corrected chi connectivity index (χ3v) is 2.98. The van der Waals surface area contributed by atoms with Crippen molar-refractivity contribution < 1.29 is 23.0 Å². The number of alkyl halides is 3. The molecule has 17 heavy (non-hydrogen) atoms. The lowest BCUT2D eigenvalue weighted by Crippen LogP contribution is -2.41. The lowest BCUT2D eigenvalue weighted by molar-refractivity contribution is -0.0334. The first-order valence-electron chi connectivity index (χ1n) is 6.10. The van der Waals surface area contributed by atoms with E-state index in [0.29, 0.717) is 19.6 Å². The molecular weight excluding hydrogens is 233 g/mol. The maximum absolute atomic E-state index is 12.6. The number of unbranched alkanes of at least 4 members (excludes halogenated alkanes) is 2. The van der Waals surface area contributed by atoms with Gasteiger partial charge in [0.15, 0.2) is 0 Å². The molecule has 0 fully saturated rings. The van der Waals surface area contributed by atoms with Crippen molar-refractivity contribution in [3.8, 4) is 0 Å². The lowest BCUT2D eigenvalue weighted by Gasteiger charge is -2.30. The summed E-state index contributed by atoms with van der Waals surface area (Å²) in [7, 11) is 0. The van der Waals surface area contributed by atoms with Crippen LogP contribution in [0, 0.1) is 5.41 Å². The summed E-state index contributed by atoms with van der Waals surface area (Å²) < 4.78 is 42.9. The van der Waals surface area contributed by atoms with Gasteiger partial charge in [0.25, 0.3) is 0 Å². The highest BCUT2D eigenvalue weighted by Crippen LogP contribution is 2.28. The minimum Gasteiger partial charge on any atom is -0.392 e. The molecule has 0 saturated heterocycles. The van der Waals surface area contributed by atoms with E-state index in [1.165, 1.54) is 0 Å². The van der Waals surface area contributed by atoms with Gasteiger partial charge in [-0.3, -0.25) is 13.2 Å². The summed E-state index contributed by atoms with van der Waals surface area (Å²) in [5.41, 5.74) is -1.85. The normalized spacial score (nSPS) is 13.9. The summed E-state index contributed by atoms with van der Waals surface area (Å²) in [6.45, 7) is -0.285. The van der Waals surface area contributed by atoms with Crippen molar-refractivity contribution in [3.63, 3.8) is 0 Å². The second kappa shape index (κ2) is 9.71. The molecular formula is C12H23F3O2. The third kappa shape index (κ3) is 5.73.